The summed E-state index contributed by atoms with van der Waals surface area (Å²) in [6.07, 6.45) is 2.75. The van der Waals surface area contributed by atoms with E-state index in [1.165, 1.54) is 10.9 Å². The highest BCUT2D eigenvalue weighted by Gasteiger charge is 2.06. The van der Waals surface area contributed by atoms with Crippen molar-refractivity contribution in [1.29, 1.82) is 0 Å². The molecule has 0 amide bonds. The summed E-state index contributed by atoms with van der Waals surface area (Å²) in [6, 6.07) is 8.76. The number of hydrogen-bond donors (Lipinski definition) is 1. The number of hydrogen-bond acceptors (Lipinski definition) is 2. The molecule has 0 spiro atoms. The summed E-state index contributed by atoms with van der Waals surface area (Å²) < 4.78 is 5.47. The summed E-state index contributed by atoms with van der Waals surface area (Å²) in [7, 11) is 1.98. The van der Waals surface area contributed by atoms with Crippen LogP contribution < -0.4 is 5.32 Å². The molecular formula is C12H15NO. The summed E-state index contributed by atoms with van der Waals surface area (Å²) in [5.41, 5.74) is 2.30. The van der Waals surface area contributed by atoms with Gasteiger partial charge in [0.2, 0.25) is 0 Å². The molecule has 14 heavy (non-hydrogen) atoms. The highest BCUT2D eigenvalue weighted by molar-refractivity contribution is 5.80. The standard InChI is InChI=1S/C12H15NO/c1-9(13-2)8-11-5-3-4-10-6-7-14-12(10)11/h3-7,9,13H,8H2,1-2H3/t9-/m1/s1. The van der Waals surface area contributed by atoms with Crippen molar-refractivity contribution in [2.75, 3.05) is 7.05 Å². The van der Waals surface area contributed by atoms with E-state index in [4.69, 9.17) is 4.42 Å². The monoisotopic (exact) mass is 189 g/mol. The molecule has 2 aromatic rings. The van der Waals surface area contributed by atoms with E-state index in [0.29, 0.717) is 6.04 Å². The van der Waals surface area contributed by atoms with Gasteiger partial charge in [0.05, 0.1) is 6.26 Å². The predicted octanol–water partition coefficient (Wildman–Crippen LogP) is 2.58. The van der Waals surface area contributed by atoms with Crippen molar-refractivity contribution in [2.45, 2.75) is 19.4 Å². The zero-order valence-electron chi connectivity index (χ0n) is 8.58. The molecule has 0 saturated carbocycles. The molecule has 0 aliphatic heterocycles. The molecule has 2 rings (SSSR count). The van der Waals surface area contributed by atoms with Crippen LogP contribution in [0.15, 0.2) is 34.9 Å². The van der Waals surface area contributed by atoms with Gasteiger partial charge in [0.15, 0.2) is 0 Å². The van der Waals surface area contributed by atoms with Crippen LogP contribution in [0.2, 0.25) is 0 Å². The third kappa shape index (κ3) is 1.66. The highest BCUT2D eigenvalue weighted by Crippen LogP contribution is 2.20. The first-order chi connectivity index (χ1) is 6.81. The van der Waals surface area contributed by atoms with E-state index in [0.717, 1.165) is 12.0 Å². The quantitative estimate of drug-likeness (QED) is 0.802. The van der Waals surface area contributed by atoms with Gasteiger partial charge in [-0.1, -0.05) is 18.2 Å². The van der Waals surface area contributed by atoms with Gasteiger partial charge in [-0.05, 0) is 32.0 Å². The van der Waals surface area contributed by atoms with E-state index in [1.807, 2.05) is 13.1 Å². The van der Waals surface area contributed by atoms with E-state index in [-0.39, 0.29) is 0 Å². The minimum atomic E-state index is 0.477. The third-order valence-corrected chi connectivity index (χ3v) is 2.58. The number of nitrogens with one attached hydrogen (secondary N) is 1. The molecule has 2 nitrogen and oxygen atoms in total. The Balaban J connectivity index is 2.36. The summed E-state index contributed by atoms with van der Waals surface area (Å²) >= 11 is 0. The van der Waals surface area contributed by atoms with Crippen molar-refractivity contribution >= 4 is 11.0 Å². The minimum absolute atomic E-state index is 0.477. The molecule has 0 unspecified atom stereocenters. The Morgan fingerprint density at radius 1 is 1.36 bits per heavy atom. The smallest absolute Gasteiger partial charge is 0.137 e. The molecular weight excluding hydrogens is 174 g/mol. The number of para-hydroxylation sites is 1. The number of rotatable bonds is 3. The first kappa shape index (κ1) is 9.28. The van der Waals surface area contributed by atoms with Crippen molar-refractivity contribution in [3.8, 4) is 0 Å². The van der Waals surface area contributed by atoms with Crippen LogP contribution in [0.4, 0.5) is 0 Å². The number of benzene rings is 1. The zero-order chi connectivity index (χ0) is 9.97. The molecule has 1 atom stereocenters. The van der Waals surface area contributed by atoms with Crippen molar-refractivity contribution in [2.24, 2.45) is 0 Å². The van der Waals surface area contributed by atoms with Gasteiger partial charge in [-0.15, -0.1) is 0 Å². The van der Waals surface area contributed by atoms with E-state index in [1.54, 1.807) is 6.26 Å². The van der Waals surface area contributed by atoms with Crippen LogP contribution in [0.25, 0.3) is 11.0 Å². The molecule has 0 fully saturated rings. The number of likely N-dealkylation sites (N-methyl/N-ethyl adjacent to an activating group) is 1. The second kappa shape index (κ2) is 3.84. The Labute approximate surface area is 83.9 Å². The van der Waals surface area contributed by atoms with Crippen LogP contribution in [-0.4, -0.2) is 13.1 Å². The molecule has 0 radical (unpaired) electrons. The lowest BCUT2D eigenvalue weighted by atomic mass is 10.1. The molecule has 0 aliphatic carbocycles. The molecule has 2 heteroatoms. The molecule has 1 aromatic carbocycles. The van der Waals surface area contributed by atoms with Crippen LogP contribution in [-0.2, 0) is 6.42 Å². The van der Waals surface area contributed by atoms with Gasteiger partial charge >= 0.3 is 0 Å². The molecule has 1 aromatic heterocycles. The lowest BCUT2D eigenvalue weighted by Crippen LogP contribution is -2.23. The van der Waals surface area contributed by atoms with Gasteiger partial charge in [-0.25, -0.2) is 0 Å². The van der Waals surface area contributed by atoms with E-state index < -0.39 is 0 Å². The maximum absolute atomic E-state index is 5.47. The summed E-state index contributed by atoms with van der Waals surface area (Å²) in [6.45, 7) is 2.17. The first-order valence-corrected chi connectivity index (χ1v) is 4.93. The second-order valence-electron chi connectivity index (χ2n) is 3.65. The van der Waals surface area contributed by atoms with Gasteiger partial charge in [0.1, 0.15) is 5.58 Å². The average Bonchev–Trinajstić information content (AvgIpc) is 2.66. The maximum Gasteiger partial charge on any atom is 0.137 e. The van der Waals surface area contributed by atoms with Crippen molar-refractivity contribution in [1.82, 2.24) is 5.32 Å². The number of fused-ring (bicyclic) bond motifs is 1. The fraction of sp³-hybridized carbons (Fsp3) is 0.333. The Kier molecular flexibility index (Phi) is 2.55. The van der Waals surface area contributed by atoms with Crippen LogP contribution in [0.5, 0.6) is 0 Å². The molecule has 0 saturated heterocycles. The average molecular weight is 189 g/mol. The van der Waals surface area contributed by atoms with Crippen molar-refractivity contribution in [3.05, 3.63) is 36.1 Å². The number of furan rings is 1. The fourth-order valence-electron chi connectivity index (χ4n) is 1.65. The van der Waals surface area contributed by atoms with Gasteiger partial charge < -0.3 is 9.73 Å². The highest BCUT2D eigenvalue weighted by atomic mass is 16.3. The van der Waals surface area contributed by atoms with Gasteiger partial charge in [-0.2, -0.15) is 0 Å². The fourth-order valence-corrected chi connectivity index (χ4v) is 1.65. The third-order valence-electron chi connectivity index (χ3n) is 2.58. The van der Waals surface area contributed by atoms with Crippen LogP contribution in [0.3, 0.4) is 0 Å². The van der Waals surface area contributed by atoms with Crippen LogP contribution >= 0.6 is 0 Å². The predicted molar refractivity (Wildman–Crippen MR) is 58.4 cm³/mol. The molecule has 74 valence electrons. The zero-order valence-corrected chi connectivity index (χ0v) is 8.58. The van der Waals surface area contributed by atoms with E-state index in [9.17, 15) is 0 Å². The summed E-state index contributed by atoms with van der Waals surface area (Å²) in [5.74, 6) is 0. The van der Waals surface area contributed by atoms with Crippen LogP contribution in [0, 0.1) is 0 Å². The van der Waals surface area contributed by atoms with Gasteiger partial charge in [0, 0.05) is 11.4 Å². The topological polar surface area (TPSA) is 25.2 Å². The summed E-state index contributed by atoms with van der Waals surface area (Å²) in [4.78, 5) is 0. The second-order valence-corrected chi connectivity index (χ2v) is 3.65. The van der Waals surface area contributed by atoms with Crippen LogP contribution in [0.1, 0.15) is 12.5 Å². The molecule has 1 heterocycles. The van der Waals surface area contributed by atoms with Crippen molar-refractivity contribution in [3.63, 3.8) is 0 Å². The Hall–Kier alpha value is -1.28. The largest absolute Gasteiger partial charge is 0.464 e. The van der Waals surface area contributed by atoms with E-state index in [2.05, 4.69) is 30.4 Å². The maximum atomic E-state index is 5.47. The Bertz CT molecular complexity index is 419. The Morgan fingerprint density at radius 2 is 2.21 bits per heavy atom. The van der Waals surface area contributed by atoms with Crippen molar-refractivity contribution < 1.29 is 4.42 Å². The SMILES string of the molecule is CN[C@H](C)Cc1cccc2ccoc12. The van der Waals surface area contributed by atoms with Gasteiger partial charge in [-0.3, -0.25) is 0 Å². The molecule has 0 bridgehead atoms. The Morgan fingerprint density at radius 3 is 3.00 bits per heavy atom. The first-order valence-electron chi connectivity index (χ1n) is 4.93. The normalized spacial score (nSPS) is 13.3. The molecule has 0 aliphatic rings. The lowest BCUT2D eigenvalue weighted by Gasteiger charge is -2.09. The van der Waals surface area contributed by atoms with E-state index >= 15 is 0 Å². The lowest BCUT2D eigenvalue weighted by molar-refractivity contribution is 0.585. The van der Waals surface area contributed by atoms with Gasteiger partial charge in [0.25, 0.3) is 0 Å². The minimum Gasteiger partial charge on any atom is -0.464 e. The summed E-state index contributed by atoms with van der Waals surface area (Å²) in [5, 5.41) is 4.41. The molecule has 1 N–H and O–H groups in total.